The lowest BCUT2D eigenvalue weighted by Crippen LogP contribution is -2.54. The summed E-state index contributed by atoms with van der Waals surface area (Å²) in [5, 5.41) is -0.246. The molecule has 7 nitrogen and oxygen atoms in total. The largest absolute Gasteiger partial charge is 0.448 e. The van der Waals surface area contributed by atoms with Crippen molar-refractivity contribution < 1.29 is 17.6 Å². The Labute approximate surface area is 143 Å². The number of furan rings is 1. The fourth-order valence-electron chi connectivity index (χ4n) is 2.62. The Morgan fingerprint density at radius 1 is 1.48 bits per heavy atom. The highest BCUT2D eigenvalue weighted by Crippen LogP contribution is 2.29. The molecule has 1 aliphatic rings. The molecule has 1 aromatic heterocycles. The van der Waals surface area contributed by atoms with Gasteiger partial charge in [0.1, 0.15) is 5.76 Å². The average Bonchev–Trinajstić information content (AvgIpc) is 2.83. The number of rotatable bonds is 3. The number of likely N-dealkylation sites (tertiary alicyclic amines) is 1. The molecule has 1 unspecified atom stereocenters. The number of hydrogen-bond donors (Lipinski definition) is 2. The molecule has 2 heterocycles. The predicted molar refractivity (Wildman–Crippen MR) is 89.2 cm³/mol. The highest BCUT2D eigenvalue weighted by Gasteiger charge is 2.36. The van der Waals surface area contributed by atoms with E-state index in [1.807, 2.05) is 13.8 Å². The van der Waals surface area contributed by atoms with Crippen molar-refractivity contribution in [2.24, 2.45) is 11.1 Å². The van der Waals surface area contributed by atoms with Crippen molar-refractivity contribution in [3.63, 3.8) is 0 Å². The van der Waals surface area contributed by atoms with Gasteiger partial charge in [-0.15, -0.1) is 12.4 Å². The molecule has 0 radical (unpaired) electrons. The number of piperidine rings is 1. The second-order valence-corrected chi connectivity index (χ2v) is 8.17. The third-order valence-corrected chi connectivity index (χ3v) is 5.53. The maximum absolute atomic E-state index is 12.7. The number of hydrogen-bond acceptors (Lipinski definition) is 5. The fourth-order valence-corrected chi connectivity index (χ4v) is 3.33. The maximum atomic E-state index is 12.7. The maximum Gasteiger partial charge on any atom is 0.273 e. The molecule has 0 aliphatic carbocycles. The van der Waals surface area contributed by atoms with E-state index in [1.54, 1.807) is 11.8 Å². The average molecular weight is 366 g/mol. The number of sulfonamides is 1. The predicted octanol–water partition coefficient (Wildman–Crippen LogP) is 1.12. The molecule has 0 saturated carbocycles. The Kier molecular flexibility index (Phi) is 5.90. The Hall–Kier alpha value is -1.09. The zero-order valence-corrected chi connectivity index (χ0v) is 15.4. The van der Waals surface area contributed by atoms with Crippen LogP contribution in [-0.2, 0) is 10.0 Å². The van der Waals surface area contributed by atoms with Crippen LogP contribution in [0.15, 0.2) is 15.6 Å². The number of carbonyl (C=O) groups excluding carboxylic acids is 1. The molecular weight excluding hydrogens is 342 g/mol. The molecule has 1 atom stereocenters. The quantitative estimate of drug-likeness (QED) is 0.834. The summed E-state index contributed by atoms with van der Waals surface area (Å²) in [7, 11) is -2.41. The molecule has 1 saturated heterocycles. The minimum atomic E-state index is -3.70. The second kappa shape index (κ2) is 6.80. The summed E-state index contributed by atoms with van der Waals surface area (Å²) in [6, 6.07) is 1.33. The highest BCUT2D eigenvalue weighted by atomic mass is 35.5. The van der Waals surface area contributed by atoms with Gasteiger partial charge in [0.25, 0.3) is 15.9 Å². The standard InChI is InChI=1S/C14H23N3O4S.ClH/c1-9-10(7-12(21-9)22(19,20)16-4)13(18)17-6-5-11(15)14(2,3)8-17;/h7,11,16H,5-6,8,15H2,1-4H3;1H. The van der Waals surface area contributed by atoms with Gasteiger partial charge in [0.2, 0.25) is 5.09 Å². The number of nitrogens with one attached hydrogen (secondary N) is 1. The number of nitrogens with two attached hydrogens (primary N) is 1. The lowest BCUT2D eigenvalue weighted by atomic mass is 9.79. The van der Waals surface area contributed by atoms with E-state index in [4.69, 9.17) is 10.2 Å². The Morgan fingerprint density at radius 3 is 2.61 bits per heavy atom. The SMILES string of the molecule is CNS(=O)(=O)c1cc(C(=O)N2CCC(N)C(C)(C)C2)c(C)o1.Cl. The molecule has 1 amide bonds. The van der Waals surface area contributed by atoms with Gasteiger partial charge >= 0.3 is 0 Å². The van der Waals surface area contributed by atoms with Gasteiger partial charge in [0, 0.05) is 25.2 Å². The van der Waals surface area contributed by atoms with Crippen LogP contribution in [0.3, 0.4) is 0 Å². The topological polar surface area (TPSA) is 106 Å². The molecule has 9 heteroatoms. The molecular formula is C14H24ClN3O4S. The van der Waals surface area contributed by atoms with Crippen LogP contribution in [0.2, 0.25) is 0 Å². The fraction of sp³-hybridized carbons (Fsp3) is 0.643. The third kappa shape index (κ3) is 3.88. The van der Waals surface area contributed by atoms with Crippen LogP contribution < -0.4 is 10.5 Å². The Bertz CT molecular complexity index is 684. The third-order valence-electron chi connectivity index (χ3n) is 4.26. The highest BCUT2D eigenvalue weighted by molar-refractivity contribution is 7.89. The first-order chi connectivity index (χ1) is 10.1. The molecule has 1 aliphatic heterocycles. The van der Waals surface area contributed by atoms with Crippen molar-refractivity contribution in [3.05, 3.63) is 17.4 Å². The van der Waals surface area contributed by atoms with E-state index in [2.05, 4.69) is 4.72 Å². The number of amides is 1. The van der Waals surface area contributed by atoms with Crippen molar-refractivity contribution in [2.45, 2.75) is 38.3 Å². The first-order valence-electron chi connectivity index (χ1n) is 7.17. The van der Waals surface area contributed by atoms with Crippen LogP contribution in [0.1, 0.15) is 36.4 Å². The van der Waals surface area contributed by atoms with E-state index < -0.39 is 10.0 Å². The van der Waals surface area contributed by atoms with Gasteiger partial charge in [-0.1, -0.05) is 13.8 Å². The van der Waals surface area contributed by atoms with Gasteiger partial charge in [-0.05, 0) is 25.8 Å². The van der Waals surface area contributed by atoms with Crippen molar-refractivity contribution in [2.75, 3.05) is 20.1 Å². The summed E-state index contributed by atoms with van der Waals surface area (Å²) in [5.41, 5.74) is 6.18. The minimum absolute atomic E-state index is 0. The summed E-state index contributed by atoms with van der Waals surface area (Å²) < 4.78 is 30.9. The van der Waals surface area contributed by atoms with E-state index in [1.165, 1.54) is 13.1 Å². The normalized spacial score (nSPS) is 20.9. The zero-order chi connectivity index (χ0) is 16.7. The summed E-state index contributed by atoms with van der Waals surface area (Å²) in [5.74, 6) is 0.0743. The van der Waals surface area contributed by atoms with Crippen molar-refractivity contribution in [1.29, 1.82) is 0 Å². The van der Waals surface area contributed by atoms with Crippen LogP contribution in [0.25, 0.3) is 0 Å². The Balaban J connectivity index is 0.00000264. The number of carbonyl (C=O) groups is 1. The molecule has 0 aromatic carbocycles. The molecule has 3 N–H and O–H groups in total. The summed E-state index contributed by atoms with van der Waals surface area (Å²) in [6.07, 6.45) is 0.720. The molecule has 0 spiro atoms. The van der Waals surface area contributed by atoms with Gasteiger partial charge < -0.3 is 15.1 Å². The van der Waals surface area contributed by atoms with Gasteiger partial charge in [-0.25, -0.2) is 13.1 Å². The van der Waals surface area contributed by atoms with E-state index in [0.29, 0.717) is 18.8 Å². The zero-order valence-electron chi connectivity index (χ0n) is 13.8. The number of halogens is 1. The lowest BCUT2D eigenvalue weighted by molar-refractivity contribution is 0.0531. The van der Waals surface area contributed by atoms with E-state index in [-0.39, 0.29) is 40.4 Å². The first kappa shape index (κ1) is 20.0. The number of aryl methyl sites for hydroxylation is 1. The molecule has 2 rings (SSSR count). The first-order valence-corrected chi connectivity index (χ1v) is 8.65. The van der Waals surface area contributed by atoms with Crippen molar-refractivity contribution in [3.8, 4) is 0 Å². The summed E-state index contributed by atoms with van der Waals surface area (Å²) in [4.78, 5) is 14.4. The van der Waals surface area contributed by atoms with Gasteiger partial charge in [0.05, 0.1) is 5.56 Å². The minimum Gasteiger partial charge on any atom is -0.448 e. The smallest absolute Gasteiger partial charge is 0.273 e. The van der Waals surface area contributed by atoms with Gasteiger partial charge in [-0.3, -0.25) is 4.79 Å². The molecule has 1 fully saturated rings. The molecule has 1 aromatic rings. The van der Waals surface area contributed by atoms with Crippen LogP contribution in [0, 0.1) is 12.3 Å². The van der Waals surface area contributed by atoms with Crippen molar-refractivity contribution in [1.82, 2.24) is 9.62 Å². The lowest BCUT2D eigenvalue weighted by Gasteiger charge is -2.42. The summed E-state index contributed by atoms with van der Waals surface area (Å²) in [6.45, 7) is 6.73. The van der Waals surface area contributed by atoms with E-state index in [0.717, 1.165) is 6.42 Å². The molecule has 132 valence electrons. The number of nitrogens with zero attached hydrogens (tertiary/aromatic N) is 1. The molecule has 0 bridgehead atoms. The summed E-state index contributed by atoms with van der Waals surface area (Å²) >= 11 is 0. The van der Waals surface area contributed by atoms with E-state index in [9.17, 15) is 13.2 Å². The van der Waals surface area contributed by atoms with E-state index >= 15 is 0 Å². The van der Waals surface area contributed by atoms with Crippen LogP contribution in [0.5, 0.6) is 0 Å². The van der Waals surface area contributed by atoms with Gasteiger partial charge in [-0.2, -0.15) is 0 Å². The molecule has 23 heavy (non-hydrogen) atoms. The van der Waals surface area contributed by atoms with Gasteiger partial charge in [0.15, 0.2) is 0 Å². The second-order valence-electron chi connectivity index (χ2n) is 6.35. The van der Waals surface area contributed by atoms with Crippen molar-refractivity contribution >= 4 is 28.3 Å². The monoisotopic (exact) mass is 365 g/mol. The Morgan fingerprint density at radius 2 is 2.09 bits per heavy atom. The van der Waals surface area contributed by atoms with Crippen LogP contribution >= 0.6 is 12.4 Å². The van der Waals surface area contributed by atoms with Crippen LogP contribution in [0.4, 0.5) is 0 Å². The van der Waals surface area contributed by atoms with Crippen LogP contribution in [-0.4, -0.2) is 45.4 Å².